The molecule has 1 saturated carbocycles. The molecular formula is C28H32N2O5. The molecule has 2 fully saturated rings. The van der Waals surface area contributed by atoms with E-state index in [1.54, 1.807) is 4.90 Å². The second-order valence-corrected chi connectivity index (χ2v) is 10.2. The van der Waals surface area contributed by atoms with Crippen LogP contribution >= 0.6 is 0 Å². The fourth-order valence-electron chi connectivity index (χ4n) is 5.92. The van der Waals surface area contributed by atoms with Crippen LogP contribution in [0.15, 0.2) is 48.5 Å². The van der Waals surface area contributed by atoms with Crippen LogP contribution in [0.1, 0.15) is 56.1 Å². The highest BCUT2D eigenvalue weighted by molar-refractivity contribution is 5.90. The number of fused-ring (bicyclic) bond motifs is 4. The number of benzene rings is 2. The van der Waals surface area contributed by atoms with Crippen LogP contribution < -0.4 is 5.32 Å². The number of piperidine rings is 1. The first-order valence-electron chi connectivity index (χ1n) is 12.5. The van der Waals surface area contributed by atoms with Crippen LogP contribution in [0, 0.1) is 11.8 Å². The Bertz CT molecular complexity index is 1100. The first kappa shape index (κ1) is 23.4. The number of amides is 2. The smallest absolute Gasteiger partial charge is 0.407 e. The number of nitrogens with one attached hydrogen (secondary N) is 1. The Labute approximate surface area is 205 Å². The molecule has 1 unspecified atom stereocenters. The Morgan fingerprint density at radius 1 is 1.11 bits per heavy atom. The van der Waals surface area contributed by atoms with Crippen molar-refractivity contribution in [1.29, 1.82) is 0 Å². The van der Waals surface area contributed by atoms with Crippen molar-refractivity contribution in [3.63, 3.8) is 0 Å². The maximum Gasteiger partial charge on any atom is 0.407 e. The minimum absolute atomic E-state index is 0.0144. The van der Waals surface area contributed by atoms with Gasteiger partial charge in [0.1, 0.15) is 12.1 Å². The van der Waals surface area contributed by atoms with Gasteiger partial charge in [0.05, 0.1) is 0 Å². The zero-order valence-corrected chi connectivity index (χ0v) is 20.0. The number of nitrogens with zero attached hydrogens (tertiary/aromatic N) is 1. The van der Waals surface area contributed by atoms with E-state index in [0.717, 1.165) is 12.8 Å². The lowest BCUT2D eigenvalue weighted by molar-refractivity contribution is -0.154. The Kier molecular flexibility index (Phi) is 6.26. The molecule has 7 nitrogen and oxygen atoms in total. The van der Waals surface area contributed by atoms with Crippen molar-refractivity contribution >= 4 is 18.0 Å². The maximum atomic E-state index is 12.8. The molecule has 1 saturated heterocycles. The van der Waals surface area contributed by atoms with E-state index >= 15 is 0 Å². The van der Waals surface area contributed by atoms with E-state index in [0.29, 0.717) is 25.9 Å². The molecule has 5 rings (SSSR count). The van der Waals surface area contributed by atoms with Gasteiger partial charge in [-0.05, 0) is 59.8 Å². The molecule has 35 heavy (non-hydrogen) atoms. The van der Waals surface area contributed by atoms with Crippen molar-refractivity contribution < 1.29 is 24.2 Å². The maximum absolute atomic E-state index is 12.8. The third-order valence-corrected chi connectivity index (χ3v) is 7.95. The van der Waals surface area contributed by atoms with Gasteiger partial charge in [-0.3, -0.25) is 4.79 Å². The van der Waals surface area contributed by atoms with Gasteiger partial charge in [-0.25, -0.2) is 9.59 Å². The van der Waals surface area contributed by atoms with E-state index in [1.807, 2.05) is 31.2 Å². The Morgan fingerprint density at radius 3 is 2.43 bits per heavy atom. The molecule has 2 amide bonds. The number of carbonyl (C=O) groups excluding carboxylic acids is 2. The van der Waals surface area contributed by atoms with Crippen LogP contribution in [0.2, 0.25) is 0 Å². The van der Waals surface area contributed by atoms with Crippen molar-refractivity contribution in [2.24, 2.45) is 11.8 Å². The summed E-state index contributed by atoms with van der Waals surface area (Å²) in [6.45, 7) is 3.16. The minimum Gasteiger partial charge on any atom is -0.479 e. The van der Waals surface area contributed by atoms with Crippen molar-refractivity contribution in [2.45, 2.75) is 50.5 Å². The van der Waals surface area contributed by atoms with Crippen molar-refractivity contribution in [2.75, 3.05) is 19.7 Å². The number of hydrogen-bond donors (Lipinski definition) is 2. The number of carbonyl (C=O) groups is 3. The summed E-state index contributed by atoms with van der Waals surface area (Å²) >= 11 is 0. The minimum atomic E-state index is -0.960. The number of alkyl carbamates (subject to hydrolysis) is 1. The first-order chi connectivity index (χ1) is 16.9. The fraction of sp³-hybridized carbons (Fsp3) is 0.464. The molecule has 3 atom stereocenters. The Balaban J connectivity index is 1.08. The van der Waals surface area contributed by atoms with Crippen molar-refractivity contribution in [3.8, 4) is 11.1 Å². The predicted molar refractivity (Wildman–Crippen MR) is 131 cm³/mol. The number of carboxylic acid groups (broad SMARTS) is 1. The SMILES string of the molecule is CC(CCC(=O)N1CCC[C@H]2C[C@]21C(=O)O)CNC(=O)OCC1c2ccccc2-c2ccccc21. The zero-order valence-electron chi connectivity index (χ0n) is 20.0. The van der Waals surface area contributed by atoms with Gasteiger partial charge in [-0.1, -0.05) is 55.5 Å². The van der Waals surface area contributed by atoms with E-state index in [2.05, 4.69) is 29.6 Å². The number of rotatable bonds is 8. The van der Waals surface area contributed by atoms with E-state index < -0.39 is 17.6 Å². The summed E-state index contributed by atoms with van der Waals surface area (Å²) in [5.74, 6) is -0.783. The van der Waals surface area contributed by atoms with Crippen LogP contribution in [0.3, 0.4) is 0 Å². The van der Waals surface area contributed by atoms with Gasteiger partial charge < -0.3 is 20.1 Å². The van der Waals surface area contributed by atoms with Crippen LogP contribution in [-0.2, 0) is 14.3 Å². The van der Waals surface area contributed by atoms with Crippen LogP contribution in [0.25, 0.3) is 11.1 Å². The third-order valence-electron chi connectivity index (χ3n) is 7.95. The van der Waals surface area contributed by atoms with Crippen LogP contribution in [0.4, 0.5) is 4.79 Å². The highest BCUT2D eigenvalue weighted by Gasteiger charge is 2.66. The van der Waals surface area contributed by atoms with Crippen molar-refractivity contribution in [1.82, 2.24) is 10.2 Å². The van der Waals surface area contributed by atoms with Gasteiger partial charge in [0.2, 0.25) is 5.91 Å². The second-order valence-electron chi connectivity index (χ2n) is 10.2. The zero-order chi connectivity index (χ0) is 24.6. The topological polar surface area (TPSA) is 95.9 Å². The molecule has 2 aromatic rings. The number of aliphatic carboxylic acids is 1. The normalized spacial score (nSPS) is 23.0. The van der Waals surface area contributed by atoms with Gasteiger partial charge >= 0.3 is 12.1 Å². The quantitative estimate of drug-likeness (QED) is 0.589. The van der Waals surface area contributed by atoms with E-state index in [4.69, 9.17) is 4.74 Å². The summed E-state index contributed by atoms with van der Waals surface area (Å²) in [4.78, 5) is 38.6. The summed E-state index contributed by atoms with van der Waals surface area (Å²) in [7, 11) is 0. The molecule has 1 heterocycles. The number of hydrogen-bond acceptors (Lipinski definition) is 4. The Hall–Kier alpha value is -3.35. The van der Waals surface area contributed by atoms with Gasteiger partial charge in [0.25, 0.3) is 0 Å². The van der Waals surface area contributed by atoms with E-state index in [1.165, 1.54) is 22.3 Å². The van der Waals surface area contributed by atoms with Gasteiger partial charge in [-0.2, -0.15) is 0 Å². The predicted octanol–water partition coefficient (Wildman–Crippen LogP) is 4.41. The summed E-state index contributed by atoms with van der Waals surface area (Å²) in [5.41, 5.74) is 3.75. The number of carboxylic acids is 1. The molecule has 1 aliphatic heterocycles. The lowest BCUT2D eigenvalue weighted by Gasteiger charge is -2.34. The van der Waals surface area contributed by atoms with E-state index in [9.17, 15) is 19.5 Å². The molecule has 7 heteroatoms. The van der Waals surface area contributed by atoms with Gasteiger partial charge in [-0.15, -0.1) is 0 Å². The van der Waals surface area contributed by atoms with Gasteiger partial charge in [0, 0.05) is 25.4 Å². The van der Waals surface area contributed by atoms with Crippen LogP contribution in [0.5, 0.6) is 0 Å². The average molecular weight is 477 g/mol. The highest BCUT2D eigenvalue weighted by atomic mass is 16.5. The first-order valence-corrected chi connectivity index (χ1v) is 12.5. The molecule has 2 aromatic carbocycles. The Morgan fingerprint density at radius 2 is 1.77 bits per heavy atom. The third kappa shape index (κ3) is 4.28. The highest BCUT2D eigenvalue weighted by Crippen LogP contribution is 2.54. The molecule has 0 radical (unpaired) electrons. The molecule has 2 aliphatic carbocycles. The lowest BCUT2D eigenvalue weighted by atomic mass is 9.98. The summed E-state index contributed by atoms with van der Waals surface area (Å²) in [5, 5.41) is 12.5. The molecule has 3 aliphatic rings. The standard InChI is InChI=1S/C28H32N2O5/c1-18(12-13-25(31)30-14-6-7-19-15-28(19,30)26(32)33)16-29-27(34)35-17-24-22-10-4-2-8-20(22)21-9-3-5-11-23(21)24/h2-5,8-11,18-19,24H,6-7,12-17H2,1H3,(H,29,34)(H,32,33)/t18?,19-,28+/m0/s1. The summed E-state index contributed by atoms with van der Waals surface area (Å²) < 4.78 is 5.58. The van der Waals surface area contributed by atoms with E-state index in [-0.39, 0.29) is 36.7 Å². The average Bonchev–Trinajstić information content (AvgIpc) is 3.55. The summed E-state index contributed by atoms with van der Waals surface area (Å²) in [6.07, 6.45) is 2.73. The molecule has 0 bridgehead atoms. The summed E-state index contributed by atoms with van der Waals surface area (Å²) in [6, 6.07) is 16.4. The number of likely N-dealkylation sites (tertiary alicyclic amines) is 1. The van der Waals surface area contributed by atoms with Crippen molar-refractivity contribution in [3.05, 3.63) is 59.7 Å². The number of ether oxygens (including phenoxy) is 1. The van der Waals surface area contributed by atoms with Gasteiger partial charge in [0.15, 0.2) is 0 Å². The second kappa shape index (κ2) is 9.36. The monoisotopic (exact) mass is 476 g/mol. The largest absolute Gasteiger partial charge is 0.479 e. The molecule has 0 spiro atoms. The molecule has 2 N–H and O–H groups in total. The molecule has 184 valence electrons. The molecular weight excluding hydrogens is 444 g/mol. The molecule has 0 aromatic heterocycles. The fourth-order valence-corrected chi connectivity index (χ4v) is 5.92. The lowest BCUT2D eigenvalue weighted by Crippen LogP contribution is -2.51. The van der Waals surface area contributed by atoms with Crippen LogP contribution in [-0.4, -0.2) is 53.2 Å².